The van der Waals surface area contributed by atoms with Crippen molar-refractivity contribution in [2.45, 2.75) is 75.8 Å². The molecular weight excluding hydrogens is 431 g/mol. The number of carbonyl (C=O) groups excluding carboxylic acids is 2. The van der Waals surface area contributed by atoms with Gasteiger partial charge in [0.05, 0.1) is 6.61 Å². The normalized spacial score (nSPS) is 32.1. The molecule has 0 bridgehead atoms. The molecule has 1 aliphatic rings. The molecule has 0 radical (unpaired) electrons. The van der Waals surface area contributed by atoms with Crippen molar-refractivity contribution in [1.29, 1.82) is 0 Å². The summed E-state index contributed by atoms with van der Waals surface area (Å²) >= 11 is 0. The van der Waals surface area contributed by atoms with Crippen LogP contribution in [0.2, 0.25) is 0 Å². The van der Waals surface area contributed by atoms with E-state index in [1.807, 2.05) is 0 Å². The molecule has 0 spiro atoms. The maximum absolute atomic E-state index is 12.2. The molecule has 0 saturated heterocycles. The Morgan fingerprint density at radius 2 is 1.43 bits per heavy atom. The second kappa shape index (κ2) is 12.0. The molecule has 0 amide bonds. The first-order chi connectivity index (χ1) is 13.9. The molecule has 0 aromatic carbocycles. The molecule has 0 aliphatic heterocycles. The first kappa shape index (κ1) is 26.9. The minimum absolute atomic E-state index is 0.0457. The van der Waals surface area contributed by atoms with Gasteiger partial charge in [0.25, 0.3) is 0 Å². The summed E-state index contributed by atoms with van der Waals surface area (Å²) in [6, 6.07) is 0. The standard InChI is InChI=1S/C16H29O13P/c1-3-5-10(18)28-8(6-26-9(17)4-2)7-27-30(24,25)29-16-14(22)12(20)11(19)13(21)15(16)23/h8,11-16,19-23H,3-7H2,1-2H3,(H,24,25). The van der Waals surface area contributed by atoms with Crippen LogP contribution in [0.1, 0.15) is 33.1 Å². The van der Waals surface area contributed by atoms with Gasteiger partial charge in [-0.05, 0) is 6.42 Å². The quantitative estimate of drug-likeness (QED) is 0.145. The highest BCUT2D eigenvalue weighted by Crippen LogP contribution is 2.47. The van der Waals surface area contributed by atoms with E-state index in [4.69, 9.17) is 14.0 Å². The van der Waals surface area contributed by atoms with Gasteiger partial charge < -0.3 is 39.9 Å². The molecule has 1 aliphatic carbocycles. The zero-order valence-electron chi connectivity index (χ0n) is 16.6. The zero-order valence-corrected chi connectivity index (χ0v) is 17.5. The van der Waals surface area contributed by atoms with Gasteiger partial charge in [-0.25, -0.2) is 4.57 Å². The van der Waals surface area contributed by atoms with Crippen molar-refractivity contribution in [3.8, 4) is 0 Å². The van der Waals surface area contributed by atoms with Gasteiger partial charge in [0, 0.05) is 12.8 Å². The highest BCUT2D eigenvalue weighted by Gasteiger charge is 2.51. The SMILES string of the molecule is CCCC(=O)OC(COC(=O)CC)COP(=O)(O)OC1C(O)C(O)C(O)C(O)C1O. The molecule has 0 aromatic rings. The van der Waals surface area contributed by atoms with E-state index in [0.29, 0.717) is 6.42 Å². The lowest BCUT2D eigenvalue weighted by Crippen LogP contribution is -2.64. The first-order valence-corrected chi connectivity index (χ1v) is 10.8. The Hall–Kier alpha value is -1.15. The lowest BCUT2D eigenvalue weighted by molar-refractivity contribution is -0.220. The van der Waals surface area contributed by atoms with Crippen molar-refractivity contribution in [2.75, 3.05) is 13.2 Å². The Labute approximate surface area is 172 Å². The second-order valence-corrected chi connectivity index (χ2v) is 8.09. The van der Waals surface area contributed by atoms with E-state index in [1.165, 1.54) is 6.92 Å². The van der Waals surface area contributed by atoms with Gasteiger partial charge in [-0.2, -0.15) is 0 Å². The summed E-state index contributed by atoms with van der Waals surface area (Å²) in [6.45, 7) is 2.06. The molecule has 1 fully saturated rings. The van der Waals surface area contributed by atoms with Crippen LogP contribution < -0.4 is 0 Å². The summed E-state index contributed by atoms with van der Waals surface area (Å²) < 4.78 is 31.4. The predicted octanol–water partition coefficient (Wildman–Crippen LogP) is -2.03. The molecule has 13 nitrogen and oxygen atoms in total. The summed E-state index contributed by atoms with van der Waals surface area (Å²) in [5.74, 6) is -1.27. The molecule has 0 heterocycles. The average molecular weight is 460 g/mol. The van der Waals surface area contributed by atoms with E-state index in [9.17, 15) is 44.6 Å². The maximum atomic E-state index is 12.2. The smallest absolute Gasteiger partial charge is 0.462 e. The van der Waals surface area contributed by atoms with Crippen LogP contribution in [0.25, 0.3) is 0 Å². The number of aliphatic hydroxyl groups excluding tert-OH is 5. The first-order valence-electron chi connectivity index (χ1n) is 9.34. The summed E-state index contributed by atoms with van der Waals surface area (Å²) in [5.41, 5.74) is 0. The van der Waals surface area contributed by atoms with Gasteiger partial charge in [0.1, 0.15) is 43.2 Å². The topological polar surface area (TPSA) is 210 Å². The molecule has 176 valence electrons. The Morgan fingerprint density at radius 1 is 0.900 bits per heavy atom. The monoisotopic (exact) mass is 460 g/mol. The van der Waals surface area contributed by atoms with Crippen molar-refractivity contribution >= 4 is 19.8 Å². The number of hydrogen-bond donors (Lipinski definition) is 6. The van der Waals surface area contributed by atoms with Crippen LogP contribution >= 0.6 is 7.82 Å². The highest BCUT2D eigenvalue weighted by molar-refractivity contribution is 7.47. The van der Waals surface area contributed by atoms with Crippen LogP contribution in [-0.2, 0) is 32.7 Å². The minimum Gasteiger partial charge on any atom is -0.462 e. The molecule has 1 saturated carbocycles. The van der Waals surface area contributed by atoms with Crippen molar-refractivity contribution in [1.82, 2.24) is 0 Å². The molecule has 30 heavy (non-hydrogen) atoms. The van der Waals surface area contributed by atoms with E-state index >= 15 is 0 Å². The molecular formula is C16H29O13P. The van der Waals surface area contributed by atoms with Crippen LogP contribution in [0.15, 0.2) is 0 Å². The van der Waals surface area contributed by atoms with Crippen LogP contribution in [0.5, 0.6) is 0 Å². The maximum Gasteiger partial charge on any atom is 0.472 e. The van der Waals surface area contributed by atoms with Crippen molar-refractivity contribution in [3.63, 3.8) is 0 Å². The third-order valence-electron chi connectivity index (χ3n) is 4.22. The molecule has 6 N–H and O–H groups in total. The van der Waals surface area contributed by atoms with Gasteiger partial charge in [0.2, 0.25) is 0 Å². The predicted molar refractivity (Wildman–Crippen MR) is 96.7 cm³/mol. The fraction of sp³-hybridized carbons (Fsp3) is 0.875. The van der Waals surface area contributed by atoms with Crippen LogP contribution in [0.4, 0.5) is 0 Å². The van der Waals surface area contributed by atoms with Crippen molar-refractivity contribution < 1.29 is 63.1 Å². The van der Waals surface area contributed by atoms with Gasteiger partial charge in [-0.3, -0.25) is 18.6 Å². The number of phosphoric acid groups is 1. The Balaban J connectivity index is 2.76. The number of esters is 2. The summed E-state index contributed by atoms with van der Waals surface area (Å²) in [6.07, 6.45) is -12.6. The highest BCUT2D eigenvalue weighted by atomic mass is 31.2. The van der Waals surface area contributed by atoms with Crippen molar-refractivity contribution in [2.24, 2.45) is 0 Å². The van der Waals surface area contributed by atoms with Gasteiger partial charge in [-0.15, -0.1) is 0 Å². The van der Waals surface area contributed by atoms with Gasteiger partial charge >= 0.3 is 19.8 Å². The number of phosphoric ester groups is 1. The molecule has 14 heteroatoms. The fourth-order valence-electron chi connectivity index (χ4n) is 2.54. The third-order valence-corrected chi connectivity index (χ3v) is 5.21. The number of ether oxygens (including phenoxy) is 2. The van der Waals surface area contributed by atoms with E-state index < -0.39 is 75.7 Å². The zero-order chi connectivity index (χ0) is 23.1. The third kappa shape index (κ3) is 7.84. The Morgan fingerprint density at radius 3 is 1.93 bits per heavy atom. The largest absolute Gasteiger partial charge is 0.472 e. The molecule has 1 rings (SSSR count). The van der Waals surface area contributed by atoms with Crippen LogP contribution in [0.3, 0.4) is 0 Å². The summed E-state index contributed by atoms with van der Waals surface area (Å²) in [7, 11) is -5.03. The van der Waals surface area contributed by atoms with Gasteiger partial charge in [-0.1, -0.05) is 13.8 Å². The number of carbonyl (C=O) groups is 2. The molecule has 6 atom stereocenters. The van der Waals surface area contributed by atoms with Gasteiger partial charge in [0.15, 0.2) is 6.10 Å². The minimum atomic E-state index is -5.03. The fourth-order valence-corrected chi connectivity index (χ4v) is 3.51. The summed E-state index contributed by atoms with van der Waals surface area (Å²) in [4.78, 5) is 32.8. The lowest BCUT2D eigenvalue weighted by atomic mass is 9.85. The van der Waals surface area contributed by atoms with Crippen LogP contribution in [-0.4, -0.2) is 98.3 Å². The number of rotatable bonds is 11. The van der Waals surface area contributed by atoms with Crippen molar-refractivity contribution in [3.05, 3.63) is 0 Å². The Kier molecular flexibility index (Phi) is 10.8. The van der Waals surface area contributed by atoms with E-state index in [0.717, 1.165) is 0 Å². The van der Waals surface area contributed by atoms with E-state index in [-0.39, 0.29) is 12.8 Å². The lowest BCUT2D eigenvalue weighted by Gasteiger charge is -2.41. The summed E-state index contributed by atoms with van der Waals surface area (Å²) in [5, 5.41) is 48.5. The average Bonchev–Trinajstić information content (AvgIpc) is 2.70. The molecule has 6 unspecified atom stereocenters. The number of hydrogen-bond acceptors (Lipinski definition) is 12. The number of aliphatic hydroxyl groups is 5. The second-order valence-electron chi connectivity index (χ2n) is 6.69. The molecule has 0 aromatic heterocycles. The van der Waals surface area contributed by atoms with E-state index in [2.05, 4.69) is 4.52 Å². The van der Waals surface area contributed by atoms with Crippen LogP contribution in [0, 0.1) is 0 Å². The Bertz CT molecular complexity index is 598. The van der Waals surface area contributed by atoms with E-state index in [1.54, 1.807) is 6.92 Å².